The van der Waals surface area contributed by atoms with Gasteiger partial charge in [0.1, 0.15) is 0 Å². The average molecular weight is 1240 g/mol. The number of aromatic nitrogens is 9. The van der Waals surface area contributed by atoms with Gasteiger partial charge in [-0.25, -0.2) is 29.9 Å². The molecule has 18 rings (SSSR count). The third-order valence-electron chi connectivity index (χ3n) is 18.9. The zero-order chi connectivity index (χ0) is 64.8. The summed E-state index contributed by atoms with van der Waals surface area (Å²) in [5, 5.41) is 6.64. The van der Waals surface area contributed by atoms with E-state index < -0.39 is 0 Å². The van der Waals surface area contributed by atoms with Crippen LogP contribution in [0.1, 0.15) is 22.3 Å². The molecule has 0 aliphatic heterocycles. The Morgan fingerprint density at radius 3 is 0.691 bits per heavy atom. The van der Waals surface area contributed by atoms with Crippen molar-refractivity contribution in [3.8, 4) is 108 Å². The fraction of sp³-hybridized carbons (Fsp3) is 0.0455. The van der Waals surface area contributed by atoms with Gasteiger partial charge in [0, 0.05) is 65.7 Å². The SMILES string of the molecule is Cc1ccc2c(c1)c1cc(C)ccc1n2-c1c(-c2nc(-c3ccccc3)nc(-c3ccccc3)n2)cc(-c2nc(-c3ccccc3)nc(-c3ccccc3)n2)c(-n2c3ccc(C)cc3c3cc(C)ccc32)c1-n1c2ccc(-c3ccccc3)cc2c2cc(-c3ccccc3)ccc21. The van der Waals surface area contributed by atoms with Gasteiger partial charge in [-0.15, -0.1) is 0 Å². The Morgan fingerprint density at radius 1 is 0.186 bits per heavy atom. The smallest absolute Gasteiger partial charge is 0.166 e. The molecule has 0 atom stereocenters. The highest BCUT2D eigenvalue weighted by Crippen LogP contribution is 2.51. The molecule has 0 aliphatic rings. The van der Waals surface area contributed by atoms with Crippen LogP contribution < -0.4 is 0 Å². The molecule has 0 fully saturated rings. The molecule has 458 valence electrons. The van der Waals surface area contributed by atoms with Crippen molar-refractivity contribution in [3.63, 3.8) is 0 Å². The summed E-state index contributed by atoms with van der Waals surface area (Å²) in [4.78, 5) is 33.8. The van der Waals surface area contributed by atoms with Crippen LogP contribution >= 0.6 is 0 Å². The van der Waals surface area contributed by atoms with Crippen molar-refractivity contribution in [2.45, 2.75) is 27.7 Å². The van der Waals surface area contributed by atoms with Gasteiger partial charge in [-0.1, -0.05) is 241 Å². The van der Waals surface area contributed by atoms with E-state index in [4.69, 9.17) is 29.9 Å². The van der Waals surface area contributed by atoms with Crippen molar-refractivity contribution in [2.24, 2.45) is 0 Å². The first-order valence-electron chi connectivity index (χ1n) is 32.9. The summed E-state index contributed by atoms with van der Waals surface area (Å²) < 4.78 is 7.51. The molecule has 0 bridgehead atoms. The maximum absolute atomic E-state index is 5.77. The molecule has 0 saturated heterocycles. The van der Waals surface area contributed by atoms with E-state index in [1.807, 2.05) is 72.8 Å². The molecule has 5 heterocycles. The van der Waals surface area contributed by atoms with Crippen LogP contribution in [0, 0.1) is 27.7 Å². The number of aryl methyl sites for hydroxylation is 4. The van der Waals surface area contributed by atoms with Gasteiger partial charge in [-0.2, -0.15) is 0 Å². The largest absolute Gasteiger partial charge is 0.306 e. The summed E-state index contributed by atoms with van der Waals surface area (Å²) in [6.07, 6.45) is 0. The van der Waals surface area contributed by atoms with Crippen molar-refractivity contribution in [3.05, 3.63) is 320 Å². The Kier molecular flexibility index (Phi) is 13.6. The van der Waals surface area contributed by atoms with E-state index in [1.165, 1.54) is 0 Å². The lowest BCUT2D eigenvalue weighted by Gasteiger charge is -2.27. The van der Waals surface area contributed by atoms with E-state index in [-0.39, 0.29) is 0 Å². The summed E-state index contributed by atoms with van der Waals surface area (Å²) in [5.41, 5.74) is 22.5. The van der Waals surface area contributed by atoms with Crippen molar-refractivity contribution in [1.29, 1.82) is 0 Å². The van der Waals surface area contributed by atoms with E-state index in [0.717, 1.165) is 160 Å². The Balaban J connectivity index is 1.14. The molecule has 97 heavy (non-hydrogen) atoms. The molecule has 9 nitrogen and oxygen atoms in total. The second-order valence-electron chi connectivity index (χ2n) is 25.4. The highest BCUT2D eigenvalue weighted by atomic mass is 15.1. The van der Waals surface area contributed by atoms with Crippen LogP contribution in [0.2, 0.25) is 0 Å². The minimum atomic E-state index is 0.457. The number of benzene rings is 13. The van der Waals surface area contributed by atoms with Gasteiger partial charge < -0.3 is 13.7 Å². The number of hydrogen-bond donors (Lipinski definition) is 0. The van der Waals surface area contributed by atoms with Crippen LogP contribution in [0.3, 0.4) is 0 Å². The first-order chi connectivity index (χ1) is 47.7. The molecule has 13 aromatic carbocycles. The third kappa shape index (κ3) is 9.77. The Hall–Kier alpha value is -12.7. The minimum Gasteiger partial charge on any atom is -0.306 e. The predicted molar refractivity (Wildman–Crippen MR) is 399 cm³/mol. The summed E-state index contributed by atoms with van der Waals surface area (Å²) >= 11 is 0. The van der Waals surface area contributed by atoms with Gasteiger partial charge in [0.2, 0.25) is 0 Å². The van der Waals surface area contributed by atoms with Crippen LogP contribution in [0.5, 0.6) is 0 Å². The highest BCUT2D eigenvalue weighted by Gasteiger charge is 2.34. The monoisotopic (exact) mass is 1240 g/mol. The first kappa shape index (κ1) is 57.0. The molecule has 0 N–H and O–H groups in total. The van der Waals surface area contributed by atoms with Crippen molar-refractivity contribution < 1.29 is 0 Å². The normalized spacial score (nSPS) is 11.7. The predicted octanol–water partition coefficient (Wildman–Crippen LogP) is 21.9. The van der Waals surface area contributed by atoms with E-state index in [9.17, 15) is 0 Å². The quantitative estimate of drug-likeness (QED) is 0.128. The third-order valence-corrected chi connectivity index (χ3v) is 18.9. The number of rotatable bonds is 11. The van der Waals surface area contributed by atoms with Crippen molar-refractivity contribution in [2.75, 3.05) is 0 Å². The van der Waals surface area contributed by atoms with E-state index in [0.29, 0.717) is 34.9 Å². The molecule has 0 radical (unpaired) electrons. The molecular weight excluding hydrogens is 1180 g/mol. The maximum Gasteiger partial charge on any atom is 0.166 e. The Labute approximate surface area is 560 Å². The summed E-state index contributed by atoms with van der Waals surface area (Å²) in [7, 11) is 0. The standard InChI is InChI=1S/C88H61N9/c1-54-35-41-74-66(47-54)67-48-55(2)36-42-75(67)95(74)80-72(87-91-83(60-27-15-7-16-28-60)89-84(92-87)61-29-17-8-18-30-61)53-73(88-93-85(62-31-19-9-20-32-62)90-86(94-88)63-33-21-10-22-34-63)81(96-76-43-37-56(3)49-68(76)69-50-57(4)38-44-77(69)96)82(80)97-78-45-39-64(58-23-11-5-12-24-58)51-70(78)71-52-65(40-46-79(71)97)59-25-13-6-14-26-59/h5-53H,1-4H3. The first-order valence-corrected chi connectivity index (χ1v) is 32.9. The molecule has 0 amide bonds. The highest BCUT2D eigenvalue weighted by molar-refractivity contribution is 6.16. The lowest BCUT2D eigenvalue weighted by molar-refractivity contribution is 1.02. The summed E-state index contributed by atoms with van der Waals surface area (Å²) in [5.74, 6) is 3.03. The molecule has 0 saturated carbocycles. The van der Waals surface area contributed by atoms with Crippen LogP contribution in [0.4, 0.5) is 0 Å². The number of nitrogens with zero attached hydrogens (tertiary/aromatic N) is 9. The molecule has 0 unspecified atom stereocenters. The van der Waals surface area contributed by atoms with Gasteiger partial charge in [0.25, 0.3) is 0 Å². The zero-order valence-corrected chi connectivity index (χ0v) is 53.8. The van der Waals surface area contributed by atoms with E-state index >= 15 is 0 Å². The average Bonchev–Trinajstić information content (AvgIpc) is 1.59. The molecule has 18 aromatic rings. The van der Waals surface area contributed by atoms with Crippen molar-refractivity contribution >= 4 is 65.4 Å². The molecular formula is C88H61N9. The second-order valence-corrected chi connectivity index (χ2v) is 25.4. The maximum atomic E-state index is 5.77. The van der Waals surface area contributed by atoms with E-state index in [2.05, 4.69) is 266 Å². The fourth-order valence-corrected chi connectivity index (χ4v) is 14.4. The summed E-state index contributed by atoms with van der Waals surface area (Å²) in [6.45, 7) is 8.73. The molecule has 0 spiro atoms. The Bertz CT molecular complexity index is 5530. The lowest BCUT2D eigenvalue weighted by Crippen LogP contribution is -2.14. The lowest BCUT2D eigenvalue weighted by atomic mass is 9.99. The minimum absolute atomic E-state index is 0.457. The topological polar surface area (TPSA) is 92.1 Å². The Morgan fingerprint density at radius 2 is 0.412 bits per heavy atom. The fourth-order valence-electron chi connectivity index (χ4n) is 14.4. The van der Waals surface area contributed by atoms with Gasteiger partial charge in [0.05, 0.1) is 50.2 Å². The van der Waals surface area contributed by atoms with Gasteiger partial charge in [-0.3, -0.25) is 0 Å². The number of hydrogen-bond acceptors (Lipinski definition) is 6. The van der Waals surface area contributed by atoms with Crippen LogP contribution in [0.25, 0.3) is 173 Å². The van der Waals surface area contributed by atoms with E-state index in [1.54, 1.807) is 0 Å². The van der Waals surface area contributed by atoms with Gasteiger partial charge in [-0.05, 0) is 129 Å². The molecule has 0 aliphatic carbocycles. The molecule has 9 heteroatoms. The van der Waals surface area contributed by atoms with Gasteiger partial charge >= 0.3 is 0 Å². The second kappa shape index (κ2) is 23.1. The van der Waals surface area contributed by atoms with Gasteiger partial charge in [0.15, 0.2) is 34.9 Å². The van der Waals surface area contributed by atoms with Crippen LogP contribution in [0.15, 0.2) is 297 Å². The van der Waals surface area contributed by atoms with Crippen LogP contribution in [-0.2, 0) is 0 Å². The zero-order valence-electron chi connectivity index (χ0n) is 53.8. The summed E-state index contributed by atoms with van der Waals surface area (Å²) in [6, 6.07) is 106. The van der Waals surface area contributed by atoms with Crippen LogP contribution in [-0.4, -0.2) is 43.6 Å². The number of fused-ring (bicyclic) bond motifs is 9. The van der Waals surface area contributed by atoms with Crippen molar-refractivity contribution in [1.82, 2.24) is 43.6 Å². The molecule has 5 aromatic heterocycles.